The van der Waals surface area contributed by atoms with Crippen LogP contribution in [0.15, 0.2) is 127 Å². The zero-order valence-corrected chi connectivity index (χ0v) is 28.5. The predicted octanol–water partition coefficient (Wildman–Crippen LogP) is 10.1. The van der Waals surface area contributed by atoms with Crippen molar-refractivity contribution in [3.05, 3.63) is 144 Å². The summed E-state index contributed by atoms with van der Waals surface area (Å²) >= 11 is 0. The number of aliphatic hydroxyl groups excluding tert-OH is 1. The SMILES string of the molecule is CC(=O)C=C(C)O.CC1(C)c2ccccc2-n2c3ccc(-c4cc[c-]c(-c5ccc6ccccc6n5)c4)cc3c3cccc1c32.[Ir]. The van der Waals surface area contributed by atoms with Gasteiger partial charge in [0.2, 0.25) is 0 Å². The number of allylic oxidation sites excluding steroid dienone is 2. The van der Waals surface area contributed by atoms with Gasteiger partial charge in [0.1, 0.15) is 0 Å². The molecule has 0 aliphatic carbocycles. The fourth-order valence-electron chi connectivity index (χ4n) is 6.65. The number of hydrogen-bond donors (Lipinski definition) is 1. The topological polar surface area (TPSA) is 55.1 Å². The number of para-hydroxylation sites is 3. The fraction of sp³-hybridized carbons (Fsp3) is 0.122. The summed E-state index contributed by atoms with van der Waals surface area (Å²) < 4.78 is 2.47. The molecule has 0 amide bonds. The van der Waals surface area contributed by atoms with Crippen molar-refractivity contribution in [2.24, 2.45) is 0 Å². The molecule has 0 atom stereocenters. The monoisotopic (exact) mass is 778 g/mol. The van der Waals surface area contributed by atoms with Crippen LogP contribution in [0.1, 0.15) is 38.8 Å². The molecule has 4 nitrogen and oxygen atoms in total. The molecule has 0 unspecified atom stereocenters. The number of aromatic nitrogens is 2. The Morgan fingerprint density at radius 2 is 1.54 bits per heavy atom. The number of nitrogens with zero attached hydrogens (tertiary/aromatic N) is 2. The van der Waals surface area contributed by atoms with Crippen LogP contribution in [-0.2, 0) is 30.3 Å². The molecular formula is C41H33IrN2O2-. The first-order valence-corrected chi connectivity index (χ1v) is 15.2. The van der Waals surface area contributed by atoms with Gasteiger partial charge in [-0.1, -0.05) is 86.6 Å². The van der Waals surface area contributed by atoms with Crippen LogP contribution in [0.3, 0.4) is 0 Å². The van der Waals surface area contributed by atoms with Crippen LogP contribution in [-0.4, -0.2) is 20.4 Å². The number of rotatable bonds is 3. The van der Waals surface area contributed by atoms with E-state index in [-0.39, 0.29) is 37.1 Å². The summed E-state index contributed by atoms with van der Waals surface area (Å²) in [6, 6.07) is 44.8. The van der Waals surface area contributed by atoms with Gasteiger partial charge in [0.25, 0.3) is 0 Å². The summed E-state index contributed by atoms with van der Waals surface area (Å²) in [6.45, 7) is 7.53. The van der Waals surface area contributed by atoms with E-state index in [0.29, 0.717) is 0 Å². The molecule has 1 aliphatic heterocycles. The van der Waals surface area contributed by atoms with E-state index in [2.05, 4.69) is 122 Å². The van der Waals surface area contributed by atoms with Crippen LogP contribution >= 0.6 is 0 Å². The number of carbonyl (C=O) groups excluding carboxylic acids is 1. The third-order valence-corrected chi connectivity index (χ3v) is 8.70. The minimum absolute atomic E-state index is 0. The maximum atomic E-state index is 10.0. The summed E-state index contributed by atoms with van der Waals surface area (Å²) in [7, 11) is 0. The average Bonchev–Trinajstić information content (AvgIpc) is 3.37. The Bertz CT molecular complexity index is 2310. The van der Waals surface area contributed by atoms with Gasteiger partial charge in [0.15, 0.2) is 5.78 Å². The van der Waals surface area contributed by atoms with Crippen molar-refractivity contribution in [3.8, 4) is 28.1 Å². The number of ketones is 1. The normalized spacial score (nSPS) is 13.1. The molecule has 0 saturated carbocycles. The molecule has 0 saturated heterocycles. The van der Waals surface area contributed by atoms with Crippen LogP contribution < -0.4 is 0 Å². The summed E-state index contributed by atoms with van der Waals surface area (Å²) in [5.74, 6) is -0.0625. The minimum Gasteiger partial charge on any atom is -0.512 e. The number of hydrogen-bond acceptors (Lipinski definition) is 3. The zero-order valence-electron chi connectivity index (χ0n) is 26.1. The first kappa shape index (κ1) is 31.2. The Balaban J connectivity index is 0.000000421. The van der Waals surface area contributed by atoms with Gasteiger partial charge in [-0.15, -0.1) is 35.4 Å². The Morgan fingerprint density at radius 3 is 2.33 bits per heavy atom. The maximum absolute atomic E-state index is 10.0. The Kier molecular flexibility index (Phi) is 8.24. The third-order valence-electron chi connectivity index (χ3n) is 8.70. The molecule has 1 radical (unpaired) electrons. The molecule has 3 heterocycles. The first-order valence-electron chi connectivity index (χ1n) is 15.2. The van der Waals surface area contributed by atoms with Gasteiger partial charge in [-0.3, -0.25) is 9.78 Å². The number of benzene rings is 5. The number of aliphatic hydroxyl groups is 1. The molecule has 1 N–H and O–H groups in total. The molecule has 8 rings (SSSR count). The maximum Gasteiger partial charge on any atom is 0.155 e. The van der Waals surface area contributed by atoms with Crippen LogP contribution in [0, 0.1) is 6.07 Å². The standard InChI is InChI=1S/C36H25N2.C5H8O2.Ir/c1-36(2)29-13-4-6-16-34(29)38-33-20-18-25(22-28(33)27-12-8-14-30(36)35(27)38)24-10-7-11-26(21-24)32-19-17-23-9-3-5-15-31(23)37-32;1-4(6)3-5(2)7;/h3-10,12-22H,1-2H3;3,6H,1-2H3;/q-1;;. The van der Waals surface area contributed by atoms with Crippen LogP contribution in [0.4, 0.5) is 0 Å². The van der Waals surface area contributed by atoms with Crippen molar-refractivity contribution in [2.75, 3.05) is 0 Å². The van der Waals surface area contributed by atoms with E-state index in [1.165, 1.54) is 69.7 Å². The minimum atomic E-state index is -0.125. The van der Waals surface area contributed by atoms with Crippen LogP contribution in [0.25, 0.3) is 60.8 Å². The van der Waals surface area contributed by atoms with E-state index in [1.807, 2.05) is 18.2 Å². The van der Waals surface area contributed by atoms with E-state index in [0.717, 1.165) is 22.2 Å². The van der Waals surface area contributed by atoms with Crippen molar-refractivity contribution in [1.29, 1.82) is 0 Å². The van der Waals surface area contributed by atoms with Crippen molar-refractivity contribution in [1.82, 2.24) is 9.55 Å². The first-order chi connectivity index (χ1) is 21.7. The Labute approximate surface area is 282 Å². The molecule has 2 aromatic heterocycles. The summed E-state index contributed by atoms with van der Waals surface area (Å²) in [6.07, 6.45) is 1.17. The van der Waals surface area contributed by atoms with Crippen molar-refractivity contribution in [3.63, 3.8) is 0 Å². The molecule has 1 aliphatic rings. The van der Waals surface area contributed by atoms with Gasteiger partial charge < -0.3 is 9.67 Å². The second kappa shape index (κ2) is 12.2. The molecular weight excluding hydrogens is 745 g/mol. The molecule has 229 valence electrons. The quantitative estimate of drug-likeness (QED) is 0.110. The van der Waals surface area contributed by atoms with Crippen molar-refractivity contribution >= 4 is 38.5 Å². The molecule has 46 heavy (non-hydrogen) atoms. The average molecular weight is 778 g/mol. The van der Waals surface area contributed by atoms with Gasteiger partial charge in [0.05, 0.1) is 28.0 Å². The van der Waals surface area contributed by atoms with E-state index in [1.54, 1.807) is 0 Å². The zero-order chi connectivity index (χ0) is 31.3. The largest absolute Gasteiger partial charge is 0.512 e. The molecule has 5 heteroatoms. The Hall–Kier alpha value is -4.83. The molecule has 0 spiro atoms. The summed E-state index contributed by atoms with van der Waals surface area (Å²) in [4.78, 5) is 14.9. The number of pyridine rings is 1. The third kappa shape index (κ3) is 5.36. The second-order valence-corrected chi connectivity index (χ2v) is 12.2. The van der Waals surface area contributed by atoms with Gasteiger partial charge in [-0.2, -0.15) is 0 Å². The van der Waals surface area contributed by atoms with Crippen LogP contribution in [0.2, 0.25) is 0 Å². The van der Waals surface area contributed by atoms with E-state index in [4.69, 9.17) is 10.1 Å². The van der Waals surface area contributed by atoms with Gasteiger partial charge in [-0.25, -0.2) is 0 Å². The van der Waals surface area contributed by atoms with E-state index >= 15 is 0 Å². The second-order valence-electron chi connectivity index (χ2n) is 12.2. The van der Waals surface area contributed by atoms with Gasteiger partial charge in [-0.05, 0) is 65.9 Å². The molecule has 5 aromatic carbocycles. The number of fused-ring (bicyclic) bond motifs is 6. The van der Waals surface area contributed by atoms with E-state index < -0.39 is 0 Å². The van der Waals surface area contributed by atoms with Crippen molar-refractivity contribution < 1.29 is 30.0 Å². The summed E-state index contributed by atoms with van der Waals surface area (Å²) in [5, 5.41) is 12.1. The van der Waals surface area contributed by atoms with Crippen molar-refractivity contribution in [2.45, 2.75) is 33.1 Å². The van der Waals surface area contributed by atoms with E-state index in [9.17, 15) is 4.79 Å². The molecule has 7 aromatic rings. The Morgan fingerprint density at radius 1 is 0.804 bits per heavy atom. The van der Waals surface area contributed by atoms with Gasteiger partial charge >= 0.3 is 0 Å². The number of carbonyl (C=O) groups is 1. The predicted molar refractivity (Wildman–Crippen MR) is 185 cm³/mol. The van der Waals surface area contributed by atoms with Crippen LogP contribution in [0.5, 0.6) is 0 Å². The smallest absolute Gasteiger partial charge is 0.155 e. The molecule has 0 fully saturated rings. The molecule has 0 bridgehead atoms. The summed E-state index contributed by atoms with van der Waals surface area (Å²) in [5.41, 5.74) is 11.9. The fourth-order valence-corrected chi connectivity index (χ4v) is 6.65. The van der Waals surface area contributed by atoms with Gasteiger partial charge in [0, 0.05) is 42.4 Å².